The van der Waals surface area contributed by atoms with Gasteiger partial charge in [0.2, 0.25) is 0 Å². The van der Waals surface area contributed by atoms with Crippen molar-refractivity contribution in [3.63, 3.8) is 0 Å². The molecule has 0 fully saturated rings. The number of nitrogens with zero attached hydrogens (tertiary/aromatic N) is 1. The maximum Gasteiger partial charge on any atom is 0.269 e. The number of aliphatic hydroxyl groups is 1. The van der Waals surface area contributed by atoms with Crippen molar-refractivity contribution in [3.05, 3.63) is 17.7 Å². The van der Waals surface area contributed by atoms with Crippen molar-refractivity contribution in [1.82, 2.24) is 15.3 Å². The number of carbonyl (C=O) groups is 1. The van der Waals surface area contributed by atoms with E-state index in [-0.39, 0.29) is 12.5 Å². The lowest BCUT2D eigenvalue weighted by molar-refractivity contribution is 0.0919. The summed E-state index contributed by atoms with van der Waals surface area (Å²) in [5, 5.41) is 11.5. The van der Waals surface area contributed by atoms with Gasteiger partial charge in [0, 0.05) is 6.54 Å². The van der Waals surface area contributed by atoms with Crippen LogP contribution in [0.1, 0.15) is 23.2 Å². The third-order valence-electron chi connectivity index (χ3n) is 1.51. The molecule has 5 nitrogen and oxygen atoms in total. The number of H-pyrrole nitrogens is 1. The first-order valence-corrected chi connectivity index (χ1v) is 4.07. The topological polar surface area (TPSA) is 78.0 Å². The molecule has 0 saturated heterocycles. The highest BCUT2D eigenvalue weighted by Gasteiger charge is 2.07. The van der Waals surface area contributed by atoms with Crippen molar-refractivity contribution in [2.24, 2.45) is 0 Å². The number of aromatic amines is 1. The minimum Gasteiger partial charge on any atom is -0.392 e. The predicted octanol–water partition coefficient (Wildman–Crippen LogP) is -0.171. The van der Waals surface area contributed by atoms with Gasteiger partial charge < -0.3 is 15.4 Å². The molecule has 0 saturated carbocycles. The standard InChI is InChI=1S/C8H13N3O2/c1-5(12)3-10-8(13)7-4-9-6(2)11-7/h4-5,12H,3H2,1-2H3,(H,9,11)(H,10,13)/t5-/m1/s1. The number of amides is 1. The molecule has 0 aliphatic rings. The Bertz CT molecular complexity index is 293. The highest BCUT2D eigenvalue weighted by atomic mass is 16.3. The molecule has 1 atom stereocenters. The zero-order chi connectivity index (χ0) is 9.84. The van der Waals surface area contributed by atoms with Crippen molar-refractivity contribution in [3.8, 4) is 0 Å². The van der Waals surface area contributed by atoms with E-state index in [9.17, 15) is 4.79 Å². The Morgan fingerprint density at radius 2 is 2.54 bits per heavy atom. The number of aromatic nitrogens is 2. The van der Waals surface area contributed by atoms with Gasteiger partial charge in [0.05, 0.1) is 12.3 Å². The van der Waals surface area contributed by atoms with E-state index in [0.717, 1.165) is 0 Å². The summed E-state index contributed by atoms with van der Waals surface area (Å²) in [6.07, 6.45) is 0.931. The minimum absolute atomic E-state index is 0.247. The molecule has 1 aromatic rings. The fourth-order valence-corrected chi connectivity index (χ4v) is 0.872. The van der Waals surface area contributed by atoms with E-state index in [1.165, 1.54) is 6.20 Å². The Kier molecular flexibility index (Phi) is 3.02. The van der Waals surface area contributed by atoms with Gasteiger partial charge in [-0.2, -0.15) is 0 Å². The van der Waals surface area contributed by atoms with Gasteiger partial charge in [0.25, 0.3) is 5.91 Å². The molecule has 0 unspecified atom stereocenters. The summed E-state index contributed by atoms with van der Waals surface area (Å²) in [7, 11) is 0. The first-order chi connectivity index (χ1) is 6.09. The average molecular weight is 183 g/mol. The zero-order valence-electron chi connectivity index (χ0n) is 7.66. The van der Waals surface area contributed by atoms with E-state index in [1.54, 1.807) is 13.8 Å². The van der Waals surface area contributed by atoms with Crippen molar-refractivity contribution in [1.29, 1.82) is 0 Å². The molecular formula is C8H13N3O2. The fourth-order valence-electron chi connectivity index (χ4n) is 0.872. The van der Waals surface area contributed by atoms with Crippen molar-refractivity contribution in [2.45, 2.75) is 20.0 Å². The second kappa shape index (κ2) is 4.04. The number of aryl methyl sites for hydroxylation is 1. The van der Waals surface area contributed by atoms with Crippen LogP contribution in [0.5, 0.6) is 0 Å². The van der Waals surface area contributed by atoms with E-state index in [0.29, 0.717) is 11.5 Å². The van der Waals surface area contributed by atoms with Gasteiger partial charge in [-0.15, -0.1) is 0 Å². The van der Waals surface area contributed by atoms with Gasteiger partial charge in [-0.05, 0) is 13.8 Å². The molecule has 0 aromatic carbocycles. The Morgan fingerprint density at radius 3 is 3.00 bits per heavy atom. The maximum absolute atomic E-state index is 11.3. The van der Waals surface area contributed by atoms with Crippen LogP contribution in [0, 0.1) is 6.92 Å². The summed E-state index contributed by atoms with van der Waals surface area (Å²) in [5.74, 6) is 0.448. The predicted molar refractivity (Wildman–Crippen MR) is 47.3 cm³/mol. The molecule has 3 N–H and O–H groups in total. The van der Waals surface area contributed by atoms with E-state index >= 15 is 0 Å². The first kappa shape index (κ1) is 9.73. The summed E-state index contributed by atoms with van der Waals surface area (Å²) in [4.78, 5) is 17.9. The van der Waals surface area contributed by atoms with Crippen molar-refractivity contribution < 1.29 is 9.90 Å². The minimum atomic E-state index is -0.534. The highest BCUT2D eigenvalue weighted by molar-refractivity contribution is 5.92. The normalized spacial score (nSPS) is 12.5. The van der Waals surface area contributed by atoms with Gasteiger partial charge in [-0.3, -0.25) is 4.79 Å². The molecule has 5 heteroatoms. The van der Waals surface area contributed by atoms with Crippen LogP contribution in [0.2, 0.25) is 0 Å². The lowest BCUT2D eigenvalue weighted by Crippen LogP contribution is -2.30. The van der Waals surface area contributed by atoms with E-state index in [4.69, 9.17) is 5.11 Å². The Morgan fingerprint density at radius 1 is 1.85 bits per heavy atom. The van der Waals surface area contributed by atoms with Crippen LogP contribution in [-0.2, 0) is 0 Å². The largest absolute Gasteiger partial charge is 0.392 e. The molecular weight excluding hydrogens is 170 g/mol. The molecule has 1 heterocycles. The van der Waals surface area contributed by atoms with Crippen LogP contribution in [0.4, 0.5) is 0 Å². The molecule has 72 valence electrons. The quantitative estimate of drug-likeness (QED) is 0.608. The average Bonchev–Trinajstić information content (AvgIpc) is 2.47. The van der Waals surface area contributed by atoms with Crippen LogP contribution in [0.15, 0.2) is 6.20 Å². The van der Waals surface area contributed by atoms with Crippen LogP contribution in [0.25, 0.3) is 0 Å². The number of carbonyl (C=O) groups excluding carboxylic acids is 1. The molecule has 1 aromatic heterocycles. The third-order valence-corrected chi connectivity index (χ3v) is 1.51. The molecule has 0 radical (unpaired) electrons. The fraction of sp³-hybridized carbons (Fsp3) is 0.500. The lowest BCUT2D eigenvalue weighted by atomic mass is 10.4. The van der Waals surface area contributed by atoms with Crippen molar-refractivity contribution >= 4 is 5.91 Å². The number of aliphatic hydroxyl groups excluding tert-OH is 1. The smallest absolute Gasteiger partial charge is 0.269 e. The molecule has 0 bridgehead atoms. The van der Waals surface area contributed by atoms with E-state index in [1.807, 2.05) is 0 Å². The van der Waals surface area contributed by atoms with Gasteiger partial charge in [0.15, 0.2) is 0 Å². The molecule has 13 heavy (non-hydrogen) atoms. The van der Waals surface area contributed by atoms with Gasteiger partial charge in [-0.25, -0.2) is 4.98 Å². The van der Waals surface area contributed by atoms with Crippen LogP contribution >= 0.6 is 0 Å². The van der Waals surface area contributed by atoms with Crippen LogP contribution in [-0.4, -0.2) is 33.6 Å². The molecule has 0 spiro atoms. The third kappa shape index (κ3) is 2.87. The lowest BCUT2D eigenvalue weighted by Gasteiger charge is -2.04. The number of hydrogen-bond acceptors (Lipinski definition) is 3. The molecule has 1 amide bonds. The summed E-state index contributed by atoms with van der Waals surface area (Å²) >= 11 is 0. The number of hydrogen-bond donors (Lipinski definition) is 3. The first-order valence-electron chi connectivity index (χ1n) is 4.07. The van der Waals surface area contributed by atoms with Crippen LogP contribution in [0.3, 0.4) is 0 Å². The van der Waals surface area contributed by atoms with Crippen molar-refractivity contribution in [2.75, 3.05) is 6.54 Å². The van der Waals surface area contributed by atoms with E-state index in [2.05, 4.69) is 15.3 Å². The summed E-state index contributed by atoms with van der Waals surface area (Å²) in [6.45, 7) is 3.63. The second-order valence-electron chi connectivity index (χ2n) is 2.94. The van der Waals surface area contributed by atoms with Gasteiger partial charge in [-0.1, -0.05) is 0 Å². The number of rotatable bonds is 3. The monoisotopic (exact) mass is 183 g/mol. The SMILES string of the molecule is Cc1ncc(C(=O)NC[C@@H](C)O)[nH]1. The van der Waals surface area contributed by atoms with Gasteiger partial charge in [0.1, 0.15) is 11.5 Å². The Balaban J connectivity index is 2.49. The Labute approximate surface area is 76.2 Å². The molecule has 1 rings (SSSR count). The summed E-state index contributed by atoms with van der Waals surface area (Å²) < 4.78 is 0. The molecule has 0 aliphatic carbocycles. The van der Waals surface area contributed by atoms with Crippen LogP contribution < -0.4 is 5.32 Å². The van der Waals surface area contributed by atoms with E-state index < -0.39 is 6.10 Å². The summed E-state index contributed by atoms with van der Waals surface area (Å²) in [5.41, 5.74) is 0.415. The maximum atomic E-state index is 11.3. The Hall–Kier alpha value is -1.36. The molecule has 0 aliphatic heterocycles. The second-order valence-corrected chi connectivity index (χ2v) is 2.94. The highest BCUT2D eigenvalue weighted by Crippen LogP contribution is 1.94. The zero-order valence-corrected chi connectivity index (χ0v) is 7.66. The van der Waals surface area contributed by atoms with Gasteiger partial charge >= 0.3 is 0 Å². The summed E-state index contributed by atoms with van der Waals surface area (Å²) in [6, 6.07) is 0. The number of imidazole rings is 1. The number of nitrogens with one attached hydrogen (secondary N) is 2.